The molecule has 0 spiro atoms. The van der Waals surface area contributed by atoms with Gasteiger partial charge in [-0.25, -0.2) is 9.78 Å². The third kappa shape index (κ3) is 8.84. The maximum atomic E-state index is 12.2. The van der Waals surface area contributed by atoms with Crippen LogP contribution in [0.25, 0.3) is 0 Å². The van der Waals surface area contributed by atoms with Gasteiger partial charge in [0.25, 0.3) is 0 Å². The van der Waals surface area contributed by atoms with Crippen LogP contribution in [-0.2, 0) is 11.3 Å². The molecule has 2 atom stereocenters. The summed E-state index contributed by atoms with van der Waals surface area (Å²) in [7, 11) is 0. The third-order valence-corrected chi connectivity index (χ3v) is 4.43. The standard InChI is InChI=1S/C20H22F3N3O3.C2H6/c21-20(22,23)13-29-18-10-14(6-8-24-18)12-25-19(27)26-16-7-9-28-17(11-16)15-4-2-1-3-5-15;1-2/h1-6,8,10,16-17H,7,9,11-13H2,(H2,25,26,27);1-2H3/t16?,17-;/m1./s1. The first kappa shape index (κ1) is 24.5. The summed E-state index contributed by atoms with van der Waals surface area (Å²) in [5.74, 6) is -0.142. The van der Waals surface area contributed by atoms with Gasteiger partial charge in [0.2, 0.25) is 5.88 Å². The Hall–Kier alpha value is -2.81. The lowest BCUT2D eigenvalue weighted by atomic mass is 9.97. The highest BCUT2D eigenvalue weighted by Crippen LogP contribution is 2.27. The molecule has 1 saturated heterocycles. The molecule has 1 aromatic carbocycles. The Labute approximate surface area is 180 Å². The zero-order valence-corrected chi connectivity index (χ0v) is 17.6. The normalized spacial score (nSPS) is 18.4. The van der Waals surface area contributed by atoms with Crippen LogP contribution in [0.3, 0.4) is 0 Å². The van der Waals surface area contributed by atoms with Crippen molar-refractivity contribution in [1.29, 1.82) is 0 Å². The predicted octanol–water partition coefficient (Wildman–Crippen LogP) is 4.77. The second-order valence-electron chi connectivity index (χ2n) is 6.72. The number of ether oxygens (including phenoxy) is 2. The molecule has 31 heavy (non-hydrogen) atoms. The van der Waals surface area contributed by atoms with Crippen LogP contribution in [0.1, 0.15) is 43.9 Å². The van der Waals surface area contributed by atoms with Crippen molar-refractivity contribution < 1.29 is 27.4 Å². The molecule has 2 N–H and O–H groups in total. The number of urea groups is 1. The number of amides is 2. The zero-order chi connectivity index (χ0) is 22.7. The highest BCUT2D eigenvalue weighted by Gasteiger charge is 2.28. The monoisotopic (exact) mass is 439 g/mol. The Balaban J connectivity index is 0.00000166. The predicted molar refractivity (Wildman–Crippen MR) is 111 cm³/mol. The molecule has 6 nitrogen and oxygen atoms in total. The van der Waals surface area contributed by atoms with Gasteiger partial charge in [-0.05, 0) is 30.0 Å². The minimum atomic E-state index is -4.43. The van der Waals surface area contributed by atoms with Crippen LogP contribution in [0.5, 0.6) is 5.88 Å². The Morgan fingerprint density at radius 2 is 1.97 bits per heavy atom. The number of alkyl halides is 3. The van der Waals surface area contributed by atoms with Gasteiger partial charge in [0.05, 0.1) is 6.10 Å². The molecule has 0 aliphatic carbocycles. The summed E-state index contributed by atoms with van der Waals surface area (Å²) >= 11 is 0. The number of aromatic nitrogens is 1. The fourth-order valence-corrected chi connectivity index (χ4v) is 3.04. The van der Waals surface area contributed by atoms with E-state index in [1.54, 1.807) is 6.07 Å². The van der Waals surface area contributed by atoms with Crippen molar-refractivity contribution >= 4 is 6.03 Å². The maximum absolute atomic E-state index is 12.2. The SMILES string of the molecule is CC.O=C(NCc1ccnc(OCC(F)(F)F)c1)NC1CCO[C@@H](c2ccccc2)C1. The second kappa shape index (κ2) is 12.1. The third-order valence-electron chi connectivity index (χ3n) is 4.43. The van der Waals surface area contributed by atoms with E-state index in [2.05, 4.69) is 20.4 Å². The minimum Gasteiger partial charge on any atom is -0.468 e. The first-order valence-electron chi connectivity index (χ1n) is 10.2. The van der Waals surface area contributed by atoms with Crippen LogP contribution in [0.15, 0.2) is 48.7 Å². The molecule has 9 heteroatoms. The average Bonchev–Trinajstić information content (AvgIpc) is 2.78. The Morgan fingerprint density at radius 1 is 1.23 bits per heavy atom. The van der Waals surface area contributed by atoms with E-state index in [9.17, 15) is 18.0 Å². The molecule has 2 aromatic rings. The summed E-state index contributed by atoms with van der Waals surface area (Å²) in [5, 5.41) is 5.63. The fraction of sp³-hybridized carbons (Fsp3) is 0.455. The number of hydrogen-bond acceptors (Lipinski definition) is 4. The maximum Gasteiger partial charge on any atom is 0.422 e. The molecule has 3 rings (SSSR count). The van der Waals surface area contributed by atoms with E-state index < -0.39 is 12.8 Å². The molecule has 1 fully saturated rings. The number of nitrogens with one attached hydrogen (secondary N) is 2. The van der Waals surface area contributed by atoms with E-state index in [1.807, 2.05) is 44.2 Å². The lowest BCUT2D eigenvalue weighted by Gasteiger charge is -2.30. The molecule has 0 bridgehead atoms. The van der Waals surface area contributed by atoms with Gasteiger partial charge in [0, 0.05) is 31.5 Å². The smallest absolute Gasteiger partial charge is 0.422 e. The van der Waals surface area contributed by atoms with Crippen molar-refractivity contribution in [3.05, 3.63) is 59.8 Å². The van der Waals surface area contributed by atoms with Crippen LogP contribution >= 0.6 is 0 Å². The second-order valence-corrected chi connectivity index (χ2v) is 6.72. The Bertz CT molecular complexity index is 803. The summed E-state index contributed by atoms with van der Waals surface area (Å²) in [5.41, 5.74) is 1.66. The molecule has 2 amide bonds. The molecule has 1 unspecified atom stereocenters. The molecule has 170 valence electrons. The molecule has 1 aliphatic rings. The molecular weight excluding hydrogens is 411 g/mol. The van der Waals surface area contributed by atoms with Crippen LogP contribution < -0.4 is 15.4 Å². The van der Waals surface area contributed by atoms with E-state index in [-0.39, 0.29) is 30.6 Å². The van der Waals surface area contributed by atoms with Gasteiger partial charge in [-0.2, -0.15) is 13.2 Å². The molecular formula is C22H28F3N3O3. The van der Waals surface area contributed by atoms with Crippen LogP contribution in [-0.4, -0.2) is 36.4 Å². The van der Waals surface area contributed by atoms with Gasteiger partial charge in [0.1, 0.15) is 0 Å². The van der Waals surface area contributed by atoms with Crippen molar-refractivity contribution in [3.8, 4) is 5.88 Å². The van der Waals surface area contributed by atoms with Crippen molar-refractivity contribution in [3.63, 3.8) is 0 Å². The summed E-state index contributed by atoms with van der Waals surface area (Å²) in [6, 6.07) is 12.4. The Morgan fingerprint density at radius 3 is 2.68 bits per heavy atom. The quantitative estimate of drug-likeness (QED) is 0.680. The van der Waals surface area contributed by atoms with Gasteiger partial charge in [0.15, 0.2) is 6.61 Å². The molecule has 1 aliphatic heterocycles. The van der Waals surface area contributed by atoms with Crippen LogP contribution in [0.4, 0.5) is 18.0 Å². The molecule has 1 aromatic heterocycles. The molecule has 0 radical (unpaired) electrons. The summed E-state index contributed by atoms with van der Waals surface area (Å²) in [6.07, 6.45) is -1.78. The van der Waals surface area contributed by atoms with Gasteiger partial charge in [-0.1, -0.05) is 44.2 Å². The number of carbonyl (C=O) groups excluding carboxylic acids is 1. The van der Waals surface area contributed by atoms with Crippen molar-refractivity contribution in [2.24, 2.45) is 0 Å². The van der Waals surface area contributed by atoms with Gasteiger partial charge in [-0.3, -0.25) is 0 Å². The van der Waals surface area contributed by atoms with Crippen molar-refractivity contribution in [2.45, 2.75) is 51.6 Å². The number of carbonyl (C=O) groups is 1. The largest absolute Gasteiger partial charge is 0.468 e. The summed E-state index contributed by atoms with van der Waals surface area (Å²) in [4.78, 5) is 15.9. The van der Waals surface area contributed by atoms with Crippen LogP contribution in [0.2, 0.25) is 0 Å². The zero-order valence-electron chi connectivity index (χ0n) is 17.6. The molecule has 0 saturated carbocycles. The number of nitrogens with zero attached hydrogens (tertiary/aromatic N) is 1. The minimum absolute atomic E-state index is 0.0305. The number of halogens is 3. The van der Waals surface area contributed by atoms with E-state index >= 15 is 0 Å². The van der Waals surface area contributed by atoms with Gasteiger partial charge in [-0.15, -0.1) is 0 Å². The first-order valence-corrected chi connectivity index (χ1v) is 10.2. The van der Waals surface area contributed by atoms with E-state index in [0.717, 1.165) is 5.56 Å². The lowest BCUT2D eigenvalue weighted by molar-refractivity contribution is -0.154. The highest BCUT2D eigenvalue weighted by molar-refractivity contribution is 5.74. The summed E-state index contributed by atoms with van der Waals surface area (Å²) < 4.78 is 47.1. The van der Waals surface area contributed by atoms with E-state index in [4.69, 9.17) is 4.74 Å². The number of benzene rings is 1. The summed E-state index contributed by atoms with van der Waals surface area (Å²) in [6.45, 7) is 3.28. The lowest BCUT2D eigenvalue weighted by Crippen LogP contribution is -2.44. The van der Waals surface area contributed by atoms with E-state index in [0.29, 0.717) is 25.0 Å². The highest BCUT2D eigenvalue weighted by atomic mass is 19.4. The Kier molecular flexibility index (Phi) is 9.58. The van der Waals surface area contributed by atoms with Gasteiger partial charge >= 0.3 is 12.2 Å². The first-order chi connectivity index (χ1) is 14.9. The van der Waals surface area contributed by atoms with Crippen molar-refractivity contribution in [2.75, 3.05) is 13.2 Å². The number of rotatable bonds is 6. The molecule has 2 heterocycles. The van der Waals surface area contributed by atoms with E-state index in [1.165, 1.54) is 12.3 Å². The average molecular weight is 439 g/mol. The number of hydrogen-bond donors (Lipinski definition) is 2. The number of pyridine rings is 1. The van der Waals surface area contributed by atoms with Crippen molar-refractivity contribution in [1.82, 2.24) is 15.6 Å². The van der Waals surface area contributed by atoms with Crippen LogP contribution in [0, 0.1) is 0 Å². The topological polar surface area (TPSA) is 72.5 Å². The fourth-order valence-electron chi connectivity index (χ4n) is 3.04. The van der Waals surface area contributed by atoms with Gasteiger partial charge < -0.3 is 20.1 Å².